The summed E-state index contributed by atoms with van der Waals surface area (Å²) in [7, 11) is 1.78. The molecule has 0 fully saturated rings. The minimum absolute atomic E-state index is 0.864. The topological polar surface area (TPSA) is 44.4 Å². The molecule has 0 aliphatic heterocycles. The number of rotatable bonds is 4. The highest BCUT2D eigenvalue weighted by Crippen LogP contribution is 2.39. The summed E-state index contributed by atoms with van der Waals surface area (Å²) in [5.41, 5.74) is 12.5. The third kappa shape index (κ3) is 1.72. The summed E-state index contributed by atoms with van der Waals surface area (Å²) in [5.74, 6) is 0. The fourth-order valence-corrected chi connectivity index (χ4v) is 3.33. The van der Waals surface area contributed by atoms with E-state index >= 15 is 0 Å². The van der Waals surface area contributed by atoms with Crippen molar-refractivity contribution >= 4 is 12.1 Å². The first-order valence-electron chi connectivity index (χ1n) is 6.68. The second-order valence-corrected chi connectivity index (χ2v) is 5.04. The molecule has 0 unspecified atom stereocenters. The molecule has 18 heavy (non-hydrogen) atoms. The van der Waals surface area contributed by atoms with E-state index in [1.807, 2.05) is 0 Å². The Bertz CT molecular complexity index is 452. The molecule has 1 aromatic carbocycles. The SMILES string of the molecule is CNNN(C=O)c1c2c(cc3c1CCC3)CCC2. The van der Waals surface area contributed by atoms with E-state index in [1.165, 1.54) is 35.1 Å². The Morgan fingerprint density at radius 1 is 1.11 bits per heavy atom. The number of hydrogen-bond acceptors (Lipinski definition) is 3. The number of anilines is 1. The summed E-state index contributed by atoms with van der Waals surface area (Å²) < 4.78 is 0. The Labute approximate surface area is 107 Å². The minimum atomic E-state index is 0.864. The lowest BCUT2D eigenvalue weighted by Gasteiger charge is -2.24. The Morgan fingerprint density at radius 3 is 2.22 bits per heavy atom. The largest absolute Gasteiger partial charge is 0.277 e. The van der Waals surface area contributed by atoms with E-state index in [-0.39, 0.29) is 0 Å². The molecule has 0 aromatic heterocycles. The number of nitrogens with zero attached hydrogens (tertiary/aromatic N) is 1. The van der Waals surface area contributed by atoms with Crippen molar-refractivity contribution in [3.8, 4) is 0 Å². The monoisotopic (exact) mass is 245 g/mol. The normalized spacial score (nSPS) is 16.5. The predicted octanol–water partition coefficient (Wildman–Crippen LogP) is 1.27. The van der Waals surface area contributed by atoms with Gasteiger partial charge in [-0.25, -0.2) is 10.4 Å². The molecule has 4 heteroatoms. The number of nitrogens with one attached hydrogen (secondary N) is 2. The van der Waals surface area contributed by atoms with Gasteiger partial charge < -0.3 is 0 Å². The second kappa shape index (κ2) is 4.71. The maximum Gasteiger partial charge on any atom is 0.229 e. The van der Waals surface area contributed by atoms with Gasteiger partial charge in [-0.3, -0.25) is 4.79 Å². The van der Waals surface area contributed by atoms with Crippen LogP contribution in [0.2, 0.25) is 0 Å². The molecular formula is C14H19N3O. The van der Waals surface area contributed by atoms with Crippen molar-refractivity contribution in [3.63, 3.8) is 0 Å². The average molecular weight is 245 g/mol. The molecule has 0 atom stereocenters. The highest BCUT2D eigenvalue weighted by atomic mass is 16.1. The zero-order chi connectivity index (χ0) is 12.5. The molecule has 0 saturated heterocycles. The van der Waals surface area contributed by atoms with Gasteiger partial charge in [0.2, 0.25) is 6.41 Å². The molecule has 2 aliphatic rings. The molecule has 0 saturated carbocycles. The molecule has 3 rings (SSSR count). The zero-order valence-corrected chi connectivity index (χ0v) is 10.8. The lowest BCUT2D eigenvalue weighted by molar-refractivity contribution is -0.108. The van der Waals surface area contributed by atoms with Crippen LogP contribution < -0.4 is 16.0 Å². The number of carbonyl (C=O) groups excluding carboxylic acids is 1. The number of aryl methyl sites for hydroxylation is 2. The smallest absolute Gasteiger partial charge is 0.229 e. The van der Waals surface area contributed by atoms with Crippen LogP contribution in [-0.2, 0) is 30.5 Å². The minimum Gasteiger partial charge on any atom is -0.277 e. The maximum atomic E-state index is 11.3. The van der Waals surface area contributed by atoms with Crippen molar-refractivity contribution in [3.05, 3.63) is 28.3 Å². The van der Waals surface area contributed by atoms with Crippen molar-refractivity contribution < 1.29 is 4.79 Å². The van der Waals surface area contributed by atoms with E-state index in [9.17, 15) is 4.79 Å². The quantitative estimate of drug-likeness (QED) is 0.620. The van der Waals surface area contributed by atoms with Gasteiger partial charge in [0.15, 0.2) is 0 Å². The van der Waals surface area contributed by atoms with Crippen molar-refractivity contribution in [2.45, 2.75) is 38.5 Å². The van der Waals surface area contributed by atoms with Gasteiger partial charge in [-0.1, -0.05) is 6.07 Å². The summed E-state index contributed by atoms with van der Waals surface area (Å²) in [4.78, 5) is 11.3. The van der Waals surface area contributed by atoms with E-state index in [4.69, 9.17) is 0 Å². The zero-order valence-electron chi connectivity index (χ0n) is 10.8. The highest BCUT2D eigenvalue weighted by molar-refractivity contribution is 5.80. The maximum absolute atomic E-state index is 11.3. The van der Waals surface area contributed by atoms with E-state index in [0.717, 1.165) is 37.8 Å². The van der Waals surface area contributed by atoms with Crippen molar-refractivity contribution in [2.75, 3.05) is 12.1 Å². The molecule has 0 radical (unpaired) electrons. The van der Waals surface area contributed by atoms with Crippen LogP contribution in [0.3, 0.4) is 0 Å². The average Bonchev–Trinajstić information content (AvgIpc) is 3.01. The Morgan fingerprint density at radius 2 is 1.72 bits per heavy atom. The first kappa shape index (κ1) is 11.7. The van der Waals surface area contributed by atoms with Gasteiger partial charge >= 0.3 is 0 Å². The first-order chi connectivity index (χ1) is 8.85. The summed E-state index contributed by atoms with van der Waals surface area (Å²) >= 11 is 0. The fourth-order valence-electron chi connectivity index (χ4n) is 3.33. The molecule has 0 bridgehead atoms. The molecule has 0 spiro atoms. The van der Waals surface area contributed by atoms with Gasteiger partial charge in [0.25, 0.3) is 0 Å². The molecule has 2 N–H and O–H groups in total. The van der Waals surface area contributed by atoms with E-state index < -0.39 is 0 Å². The second-order valence-electron chi connectivity index (χ2n) is 5.04. The van der Waals surface area contributed by atoms with Gasteiger partial charge in [0.1, 0.15) is 0 Å². The summed E-state index contributed by atoms with van der Waals surface area (Å²) in [6, 6.07) is 2.37. The van der Waals surface area contributed by atoms with E-state index in [0.29, 0.717) is 0 Å². The molecular weight excluding hydrogens is 226 g/mol. The number of hydrogen-bond donors (Lipinski definition) is 2. The summed E-state index contributed by atoms with van der Waals surface area (Å²) in [6.45, 7) is 0. The molecule has 2 aliphatic carbocycles. The Kier molecular flexibility index (Phi) is 3.06. The van der Waals surface area contributed by atoms with Gasteiger partial charge in [-0.15, -0.1) is 0 Å². The van der Waals surface area contributed by atoms with Crippen LogP contribution in [0.1, 0.15) is 35.1 Å². The van der Waals surface area contributed by atoms with Crippen LogP contribution in [0.25, 0.3) is 0 Å². The van der Waals surface area contributed by atoms with Crippen LogP contribution in [-0.4, -0.2) is 13.5 Å². The predicted molar refractivity (Wildman–Crippen MR) is 71.2 cm³/mol. The lowest BCUT2D eigenvalue weighted by Crippen LogP contribution is -2.45. The van der Waals surface area contributed by atoms with Gasteiger partial charge in [-0.05, 0) is 60.8 Å². The van der Waals surface area contributed by atoms with Crippen LogP contribution in [0, 0.1) is 0 Å². The van der Waals surface area contributed by atoms with E-state index in [2.05, 4.69) is 17.0 Å². The molecule has 0 heterocycles. The lowest BCUT2D eigenvalue weighted by atomic mass is 9.98. The number of carbonyl (C=O) groups is 1. The summed E-state index contributed by atoms with van der Waals surface area (Å²) in [6.07, 6.45) is 7.77. The van der Waals surface area contributed by atoms with E-state index in [1.54, 1.807) is 12.1 Å². The summed E-state index contributed by atoms with van der Waals surface area (Å²) in [5, 5.41) is 1.61. The Balaban J connectivity index is 2.14. The number of hydrazine groups is 2. The molecule has 96 valence electrons. The Hall–Kier alpha value is -1.39. The van der Waals surface area contributed by atoms with Crippen LogP contribution in [0.4, 0.5) is 5.69 Å². The van der Waals surface area contributed by atoms with Crippen LogP contribution in [0.5, 0.6) is 0 Å². The molecule has 4 nitrogen and oxygen atoms in total. The van der Waals surface area contributed by atoms with Gasteiger partial charge in [0, 0.05) is 7.05 Å². The third-order valence-electron chi connectivity index (χ3n) is 4.02. The first-order valence-corrected chi connectivity index (χ1v) is 6.68. The molecule has 1 aromatic rings. The molecule has 1 amide bonds. The number of benzene rings is 1. The third-order valence-corrected chi connectivity index (χ3v) is 4.02. The van der Waals surface area contributed by atoms with Crippen LogP contribution >= 0.6 is 0 Å². The highest BCUT2D eigenvalue weighted by Gasteiger charge is 2.26. The fraction of sp³-hybridized carbons (Fsp3) is 0.500. The van der Waals surface area contributed by atoms with Crippen molar-refractivity contribution in [1.29, 1.82) is 0 Å². The standard InChI is InChI=1S/C14H19N3O/c1-15-16-17(9-18)14-12-6-2-4-10(12)8-11-5-3-7-13(11)14/h8-9,15-16H,2-7H2,1H3. The van der Waals surface area contributed by atoms with Gasteiger partial charge in [0.05, 0.1) is 5.69 Å². The van der Waals surface area contributed by atoms with Gasteiger partial charge in [-0.2, -0.15) is 5.53 Å². The van der Waals surface area contributed by atoms with Crippen molar-refractivity contribution in [1.82, 2.24) is 11.0 Å². The van der Waals surface area contributed by atoms with Crippen LogP contribution in [0.15, 0.2) is 6.07 Å². The number of amides is 1. The number of fused-ring (bicyclic) bond motifs is 2. The van der Waals surface area contributed by atoms with Crippen molar-refractivity contribution in [2.24, 2.45) is 0 Å².